The molecule has 4 nitrogen and oxygen atoms in total. The van der Waals surface area contributed by atoms with E-state index in [1.54, 1.807) is 0 Å². The highest BCUT2D eigenvalue weighted by atomic mass is 15.3. The van der Waals surface area contributed by atoms with Crippen molar-refractivity contribution in [3.63, 3.8) is 0 Å². The van der Waals surface area contributed by atoms with Crippen molar-refractivity contribution in [2.24, 2.45) is 5.73 Å². The largest absolute Gasteiger partial charge is 0.330 e. The van der Waals surface area contributed by atoms with Gasteiger partial charge >= 0.3 is 0 Å². The van der Waals surface area contributed by atoms with E-state index in [0.29, 0.717) is 12.6 Å². The van der Waals surface area contributed by atoms with Crippen LogP contribution in [-0.2, 0) is 19.5 Å². The molecular formula is C10H18N4. The number of hydrogen-bond acceptors (Lipinski definition) is 3. The van der Waals surface area contributed by atoms with Crippen LogP contribution in [-0.4, -0.2) is 16.3 Å². The van der Waals surface area contributed by atoms with Crippen LogP contribution >= 0.6 is 0 Å². The van der Waals surface area contributed by atoms with Gasteiger partial charge in [0.2, 0.25) is 0 Å². The molecule has 0 radical (unpaired) electrons. The standard InChI is InChI=1S/C10H18N4/c1-7(2)14-10-6-12-5-8(10)9(13-14)3-4-11/h7,12H,3-6,11H2,1-2H3. The molecule has 4 heteroatoms. The fourth-order valence-electron chi connectivity index (χ4n) is 2.02. The van der Waals surface area contributed by atoms with Gasteiger partial charge in [0.05, 0.1) is 11.4 Å². The first-order chi connectivity index (χ1) is 6.74. The minimum Gasteiger partial charge on any atom is -0.330 e. The number of rotatable bonds is 3. The molecule has 14 heavy (non-hydrogen) atoms. The van der Waals surface area contributed by atoms with E-state index >= 15 is 0 Å². The molecule has 0 spiro atoms. The zero-order valence-corrected chi connectivity index (χ0v) is 8.88. The van der Waals surface area contributed by atoms with Crippen LogP contribution in [0.3, 0.4) is 0 Å². The maximum atomic E-state index is 5.57. The molecule has 1 aliphatic heterocycles. The van der Waals surface area contributed by atoms with Crippen molar-refractivity contribution in [3.8, 4) is 0 Å². The monoisotopic (exact) mass is 194 g/mol. The topological polar surface area (TPSA) is 55.9 Å². The minimum atomic E-state index is 0.440. The lowest BCUT2D eigenvalue weighted by atomic mass is 10.1. The average Bonchev–Trinajstić information content (AvgIpc) is 2.67. The Morgan fingerprint density at radius 1 is 1.50 bits per heavy atom. The van der Waals surface area contributed by atoms with Crippen molar-refractivity contribution in [1.82, 2.24) is 15.1 Å². The van der Waals surface area contributed by atoms with Crippen LogP contribution in [0.4, 0.5) is 0 Å². The lowest BCUT2D eigenvalue weighted by molar-refractivity contribution is 0.499. The third-order valence-corrected chi connectivity index (χ3v) is 2.67. The van der Waals surface area contributed by atoms with Crippen molar-refractivity contribution in [2.45, 2.75) is 39.4 Å². The lowest BCUT2D eigenvalue weighted by Gasteiger charge is -2.08. The van der Waals surface area contributed by atoms with Gasteiger partial charge in [-0.25, -0.2) is 0 Å². The third kappa shape index (κ3) is 1.44. The molecule has 0 saturated carbocycles. The summed E-state index contributed by atoms with van der Waals surface area (Å²) in [6.07, 6.45) is 0.893. The Labute approximate surface area is 84.5 Å². The van der Waals surface area contributed by atoms with E-state index in [4.69, 9.17) is 5.73 Å². The van der Waals surface area contributed by atoms with Crippen molar-refractivity contribution in [2.75, 3.05) is 6.54 Å². The number of fused-ring (bicyclic) bond motifs is 1. The van der Waals surface area contributed by atoms with Gasteiger partial charge in [-0.15, -0.1) is 0 Å². The first kappa shape index (κ1) is 9.68. The van der Waals surface area contributed by atoms with Gasteiger partial charge in [0.1, 0.15) is 0 Å². The lowest BCUT2D eigenvalue weighted by Crippen LogP contribution is -2.12. The number of hydrogen-bond donors (Lipinski definition) is 2. The molecular weight excluding hydrogens is 176 g/mol. The van der Waals surface area contributed by atoms with Crippen LogP contribution in [0.2, 0.25) is 0 Å². The minimum absolute atomic E-state index is 0.440. The van der Waals surface area contributed by atoms with E-state index < -0.39 is 0 Å². The van der Waals surface area contributed by atoms with Crippen LogP contribution in [0.25, 0.3) is 0 Å². The summed E-state index contributed by atoms with van der Waals surface area (Å²) in [6.45, 7) is 6.92. The van der Waals surface area contributed by atoms with Crippen LogP contribution < -0.4 is 11.1 Å². The van der Waals surface area contributed by atoms with Crippen molar-refractivity contribution in [3.05, 3.63) is 17.0 Å². The molecule has 3 N–H and O–H groups in total. The van der Waals surface area contributed by atoms with Gasteiger partial charge in [-0.2, -0.15) is 5.10 Å². The van der Waals surface area contributed by atoms with Gasteiger partial charge in [0, 0.05) is 31.1 Å². The highest BCUT2D eigenvalue weighted by molar-refractivity contribution is 5.30. The molecule has 2 rings (SSSR count). The molecule has 0 amide bonds. The Bertz CT molecular complexity index is 327. The van der Waals surface area contributed by atoms with Crippen molar-refractivity contribution < 1.29 is 0 Å². The number of aromatic nitrogens is 2. The van der Waals surface area contributed by atoms with Gasteiger partial charge < -0.3 is 11.1 Å². The molecule has 0 bridgehead atoms. The smallest absolute Gasteiger partial charge is 0.0685 e. The second-order valence-electron chi connectivity index (χ2n) is 4.05. The van der Waals surface area contributed by atoms with Crippen molar-refractivity contribution >= 4 is 0 Å². The summed E-state index contributed by atoms with van der Waals surface area (Å²) in [6, 6.07) is 0.440. The summed E-state index contributed by atoms with van der Waals surface area (Å²) in [7, 11) is 0. The molecule has 0 aliphatic carbocycles. The summed E-state index contributed by atoms with van der Waals surface area (Å²) in [5, 5.41) is 7.98. The van der Waals surface area contributed by atoms with Gasteiger partial charge in [-0.3, -0.25) is 4.68 Å². The number of nitrogens with one attached hydrogen (secondary N) is 1. The van der Waals surface area contributed by atoms with Crippen molar-refractivity contribution in [1.29, 1.82) is 0 Å². The molecule has 1 aromatic rings. The summed E-state index contributed by atoms with van der Waals surface area (Å²) in [5.74, 6) is 0. The predicted octanol–water partition coefficient (Wildman–Crippen LogP) is 0.568. The average molecular weight is 194 g/mol. The third-order valence-electron chi connectivity index (χ3n) is 2.67. The zero-order valence-electron chi connectivity index (χ0n) is 8.88. The Morgan fingerprint density at radius 3 is 2.93 bits per heavy atom. The van der Waals surface area contributed by atoms with E-state index in [0.717, 1.165) is 19.5 Å². The van der Waals surface area contributed by atoms with E-state index in [2.05, 4.69) is 28.9 Å². The number of nitrogens with two attached hydrogens (primary N) is 1. The normalized spacial score (nSPS) is 15.1. The van der Waals surface area contributed by atoms with Gasteiger partial charge in [-0.05, 0) is 20.4 Å². The molecule has 0 unspecified atom stereocenters. The maximum Gasteiger partial charge on any atom is 0.0685 e. The molecule has 0 fully saturated rings. The first-order valence-corrected chi connectivity index (χ1v) is 5.24. The quantitative estimate of drug-likeness (QED) is 0.739. The van der Waals surface area contributed by atoms with E-state index in [9.17, 15) is 0 Å². The molecule has 0 aromatic carbocycles. The summed E-state index contributed by atoms with van der Waals surface area (Å²) in [5.41, 5.74) is 9.48. The van der Waals surface area contributed by atoms with Gasteiger partial charge in [-0.1, -0.05) is 0 Å². The second kappa shape index (κ2) is 3.71. The Kier molecular flexibility index (Phi) is 2.56. The second-order valence-corrected chi connectivity index (χ2v) is 4.05. The maximum absolute atomic E-state index is 5.57. The van der Waals surface area contributed by atoms with Gasteiger partial charge in [0.15, 0.2) is 0 Å². The molecule has 2 heterocycles. The summed E-state index contributed by atoms with van der Waals surface area (Å²) in [4.78, 5) is 0. The zero-order chi connectivity index (χ0) is 10.1. The van der Waals surface area contributed by atoms with E-state index in [-0.39, 0.29) is 0 Å². The van der Waals surface area contributed by atoms with Gasteiger partial charge in [0.25, 0.3) is 0 Å². The molecule has 78 valence electrons. The fraction of sp³-hybridized carbons (Fsp3) is 0.700. The fourth-order valence-corrected chi connectivity index (χ4v) is 2.02. The highest BCUT2D eigenvalue weighted by Gasteiger charge is 2.22. The van der Waals surface area contributed by atoms with Crippen LogP contribution in [0.5, 0.6) is 0 Å². The molecule has 1 aromatic heterocycles. The Balaban J connectivity index is 2.39. The molecule has 0 saturated heterocycles. The predicted molar refractivity (Wildman–Crippen MR) is 55.9 cm³/mol. The number of nitrogens with zero attached hydrogens (tertiary/aromatic N) is 2. The first-order valence-electron chi connectivity index (χ1n) is 5.24. The summed E-state index contributed by atoms with van der Waals surface area (Å²) < 4.78 is 2.13. The Morgan fingerprint density at radius 2 is 2.29 bits per heavy atom. The molecule has 1 aliphatic rings. The SMILES string of the molecule is CC(C)n1nc(CCN)c2c1CNC2. The van der Waals surface area contributed by atoms with E-state index in [1.807, 2.05) is 0 Å². The highest BCUT2D eigenvalue weighted by Crippen LogP contribution is 2.22. The van der Waals surface area contributed by atoms with Crippen LogP contribution in [0.15, 0.2) is 0 Å². The Hall–Kier alpha value is -0.870. The van der Waals surface area contributed by atoms with E-state index in [1.165, 1.54) is 17.0 Å². The molecule has 0 atom stereocenters. The van der Waals surface area contributed by atoms with Crippen LogP contribution in [0, 0.1) is 0 Å². The summed E-state index contributed by atoms with van der Waals surface area (Å²) >= 11 is 0. The van der Waals surface area contributed by atoms with Crippen LogP contribution in [0.1, 0.15) is 36.8 Å².